The van der Waals surface area contributed by atoms with Crippen molar-refractivity contribution < 1.29 is 18.3 Å². The van der Waals surface area contributed by atoms with Gasteiger partial charge in [-0.1, -0.05) is 6.92 Å². The minimum Gasteiger partial charge on any atom is -0.481 e. The van der Waals surface area contributed by atoms with Crippen molar-refractivity contribution in [2.45, 2.75) is 43.5 Å². The fraction of sp³-hybridized carbons (Fsp3) is 0.533. The first-order valence-electron chi connectivity index (χ1n) is 7.25. The summed E-state index contributed by atoms with van der Waals surface area (Å²) in [6, 6.07) is 6.80. The first kappa shape index (κ1) is 15.8. The van der Waals surface area contributed by atoms with Crippen LogP contribution in [0, 0.1) is 0 Å². The van der Waals surface area contributed by atoms with Crippen molar-refractivity contribution in [1.29, 1.82) is 0 Å². The second-order valence-electron chi connectivity index (χ2n) is 5.40. The van der Waals surface area contributed by atoms with Gasteiger partial charge in [0.1, 0.15) is 0 Å². The van der Waals surface area contributed by atoms with Crippen LogP contribution < -0.4 is 4.90 Å². The first-order chi connectivity index (χ1) is 9.94. The van der Waals surface area contributed by atoms with E-state index in [0.29, 0.717) is 11.3 Å². The largest absolute Gasteiger partial charge is 0.481 e. The van der Waals surface area contributed by atoms with Gasteiger partial charge < -0.3 is 10.0 Å². The highest BCUT2D eigenvalue weighted by Gasteiger charge is 2.27. The van der Waals surface area contributed by atoms with Crippen molar-refractivity contribution in [3.8, 4) is 0 Å². The van der Waals surface area contributed by atoms with Gasteiger partial charge in [0.05, 0.1) is 17.1 Å². The number of rotatable bonds is 6. The lowest BCUT2D eigenvalue weighted by molar-refractivity contribution is -0.137. The van der Waals surface area contributed by atoms with Crippen LogP contribution in [0.5, 0.6) is 0 Å². The van der Waals surface area contributed by atoms with Gasteiger partial charge in [-0.25, -0.2) is 8.42 Å². The summed E-state index contributed by atoms with van der Waals surface area (Å²) < 4.78 is 24.0. The van der Waals surface area contributed by atoms with Crippen LogP contribution in [0.2, 0.25) is 0 Å². The molecule has 0 aromatic heterocycles. The predicted octanol–water partition coefficient (Wildman–Crippen LogP) is 2.31. The van der Waals surface area contributed by atoms with E-state index in [2.05, 4.69) is 4.90 Å². The number of anilines is 1. The number of carbonyl (C=O) groups is 1. The van der Waals surface area contributed by atoms with Crippen LogP contribution in [-0.4, -0.2) is 37.8 Å². The molecular formula is C15H21NO4S. The molecule has 0 radical (unpaired) electrons. The van der Waals surface area contributed by atoms with E-state index < -0.39 is 15.8 Å². The molecule has 1 atom stereocenters. The lowest BCUT2D eigenvalue weighted by Gasteiger charge is -2.25. The third-order valence-electron chi connectivity index (χ3n) is 3.79. The number of sulfone groups is 1. The Hall–Kier alpha value is -1.56. The molecule has 21 heavy (non-hydrogen) atoms. The van der Waals surface area contributed by atoms with Gasteiger partial charge in [-0.2, -0.15) is 0 Å². The van der Waals surface area contributed by atoms with E-state index in [1.165, 1.54) is 0 Å². The van der Waals surface area contributed by atoms with E-state index in [1.54, 1.807) is 24.3 Å². The third-order valence-corrected chi connectivity index (χ3v) is 5.72. The van der Waals surface area contributed by atoms with Crippen molar-refractivity contribution >= 4 is 21.5 Å². The van der Waals surface area contributed by atoms with E-state index in [4.69, 9.17) is 5.11 Å². The first-order valence-corrected chi connectivity index (χ1v) is 8.90. The molecule has 6 heteroatoms. The van der Waals surface area contributed by atoms with E-state index in [0.717, 1.165) is 25.1 Å². The van der Waals surface area contributed by atoms with Crippen LogP contribution in [0.3, 0.4) is 0 Å². The SMILES string of the molecule is CCCS(=O)(=O)c1ccc(N2CCCC2CC(=O)O)cc1. The van der Waals surface area contributed by atoms with Crippen LogP contribution >= 0.6 is 0 Å². The maximum Gasteiger partial charge on any atom is 0.305 e. The Morgan fingerprint density at radius 2 is 2.00 bits per heavy atom. The monoisotopic (exact) mass is 311 g/mol. The highest BCUT2D eigenvalue weighted by molar-refractivity contribution is 7.91. The Morgan fingerprint density at radius 3 is 2.57 bits per heavy atom. The topological polar surface area (TPSA) is 74.7 Å². The Balaban J connectivity index is 2.17. The molecule has 116 valence electrons. The van der Waals surface area contributed by atoms with Gasteiger partial charge in [-0.15, -0.1) is 0 Å². The molecule has 0 saturated carbocycles. The Morgan fingerprint density at radius 1 is 1.33 bits per heavy atom. The highest BCUT2D eigenvalue weighted by atomic mass is 32.2. The molecule has 2 rings (SSSR count). The molecule has 1 unspecified atom stereocenters. The summed E-state index contributed by atoms with van der Waals surface area (Å²) in [6.45, 7) is 2.66. The van der Waals surface area contributed by atoms with Gasteiger partial charge in [-0.05, 0) is 43.5 Å². The molecule has 1 saturated heterocycles. The van der Waals surface area contributed by atoms with E-state index >= 15 is 0 Å². The zero-order valence-corrected chi connectivity index (χ0v) is 13.0. The van der Waals surface area contributed by atoms with E-state index in [9.17, 15) is 13.2 Å². The predicted molar refractivity (Wildman–Crippen MR) is 81.4 cm³/mol. The van der Waals surface area contributed by atoms with Gasteiger partial charge in [0, 0.05) is 18.3 Å². The van der Waals surface area contributed by atoms with Gasteiger partial charge >= 0.3 is 5.97 Å². The van der Waals surface area contributed by atoms with E-state index in [-0.39, 0.29) is 18.2 Å². The molecule has 1 fully saturated rings. The normalized spacial score (nSPS) is 18.9. The van der Waals surface area contributed by atoms with Gasteiger partial charge in [0.15, 0.2) is 9.84 Å². The lowest BCUT2D eigenvalue weighted by atomic mass is 10.1. The van der Waals surface area contributed by atoms with Crippen LogP contribution in [-0.2, 0) is 14.6 Å². The Labute approximate surface area is 125 Å². The van der Waals surface area contributed by atoms with Crippen LogP contribution in [0.15, 0.2) is 29.2 Å². The third kappa shape index (κ3) is 3.75. The summed E-state index contributed by atoms with van der Waals surface area (Å²) in [6.07, 6.45) is 2.54. The lowest BCUT2D eigenvalue weighted by Crippen LogP contribution is -2.31. The second-order valence-corrected chi connectivity index (χ2v) is 7.51. The minimum absolute atomic E-state index is 0.000555. The number of hydrogen-bond donors (Lipinski definition) is 1. The number of hydrogen-bond acceptors (Lipinski definition) is 4. The zero-order chi connectivity index (χ0) is 15.5. The van der Waals surface area contributed by atoms with E-state index in [1.807, 2.05) is 6.92 Å². The highest BCUT2D eigenvalue weighted by Crippen LogP contribution is 2.28. The molecule has 1 aliphatic heterocycles. The smallest absolute Gasteiger partial charge is 0.305 e. The molecule has 1 aromatic carbocycles. The van der Waals surface area contributed by atoms with Crippen LogP contribution in [0.4, 0.5) is 5.69 Å². The van der Waals surface area contributed by atoms with Crippen molar-refractivity contribution in [3.63, 3.8) is 0 Å². The summed E-state index contributed by atoms with van der Waals surface area (Å²) in [7, 11) is -3.20. The number of aliphatic carboxylic acids is 1. The number of carboxylic acids is 1. The maximum atomic E-state index is 12.0. The fourth-order valence-electron chi connectivity index (χ4n) is 2.82. The summed E-state index contributed by atoms with van der Waals surface area (Å²) in [4.78, 5) is 13.3. The molecule has 5 nitrogen and oxygen atoms in total. The summed E-state index contributed by atoms with van der Waals surface area (Å²) >= 11 is 0. The molecule has 0 amide bonds. The number of nitrogens with zero attached hydrogens (tertiary/aromatic N) is 1. The molecule has 0 aliphatic carbocycles. The Kier molecular flexibility index (Phi) is 4.88. The molecule has 0 spiro atoms. The average Bonchev–Trinajstić information content (AvgIpc) is 2.86. The molecule has 1 N–H and O–H groups in total. The summed E-state index contributed by atoms with van der Waals surface area (Å²) in [5.74, 6) is -0.647. The summed E-state index contributed by atoms with van der Waals surface area (Å²) in [5, 5.41) is 8.94. The van der Waals surface area contributed by atoms with Crippen molar-refractivity contribution in [1.82, 2.24) is 0 Å². The molecule has 1 aromatic rings. The minimum atomic E-state index is -3.20. The van der Waals surface area contributed by atoms with Gasteiger partial charge in [0.2, 0.25) is 0 Å². The fourth-order valence-corrected chi connectivity index (χ4v) is 4.14. The van der Waals surface area contributed by atoms with Gasteiger partial charge in [0.25, 0.3) is 0 Å². The Bertz CT molecular complexity index is 595. The number of carboxylic acid groups (broad SMARTS) is 1. The molecular weight excluding hydrogens is 290 g/mol. The zero-order valence-electron chi connectivity index (χ0n) is 12.2. The van der Waals surface area contributed by atoms with Crippen molar-refractivity contribution in [3.05, 3.63) is 24.3 Å². The standard InChI is InChI=1S/C15H21NO4S/c1-2-10-21(19,20)14-7-5-12(6-8-14)16-9-3-4-13(16)11-15(17)18/h5-8,13H,2-4,9-11H2,1H3,(H,17,18). The van der Waals surface area contributed by atoms with Crippen molar-refractivity contribution in [2.75, 3.05) is 17.2 Å². The average molecular weight is 311 g/mol. The van der Waals surface area contributed by atoms with Crippen LogP contribution in [0.1, 0.15) is 32.6 Å². The molecule has 0 bridgehead atoms. The second kappa shape index (κ2) is 6.47. The quantitative estimate of drug-likeness (QED) is 0.872. The van der Waals surface area contributed by atoms with Crippen molar-refractivity contribution in [2.24, 2.45) is 0 Å². The number of benzene rings is 1. The molecule has 1 heterocycles. The van der Waals surface area contributed by atoms with Crippen LogP contribution in [0.25, 0.3) is 0 Å². The summed E-state index contributed by atoms with van der Waals surface area (Å²) in [5.41, 5.74) is 0.897. The van der Waals surface area contributed by atoms with Gasteiger partial charge in [-0.3, -0.25) is 4.79 Å². The maximum absolute atomic E-state index is 12.0. The molecule has 1 aliphatic rings.